The molecular weight excluding hydrogens is 302 g/mol. The number of aryl methyl sites for hydroxylation is 1. The normalized spacial score (nSPS) is 11.6. The van der Waals surface area contributed by atoms with Crippen molar-refractivity contribution < 1.29 is 14.3 Å². The molecule has 0 aliphatic carbocycles. The minimum Gasteiger partial charge on any atom is -0.485 e. The van der Waals surface area contributed by atoms with Crippen molar-refractivity contribution in [2.75, 3.05) is 20.2 Å². The minimum absolute atomic E-state index is 0.121. The fraction of sp³-hybridized carbons (Fsp3) is 0.350. The van der Waals surface area contributed by atoms with Gasteiger partial charge < -0.3 is 14.4 Å². The first kappa shape index (κ1) is 17.9. The molecule has 0 bridgehead atoms. The molecule has 4 nitrogen and oxygen atoms in total. The lowest BCUT2D eigenvalue weighted by Crippen LogP contribution is -2.30. The molecule has 0 aliphatic heterocycles. The van der Waals surface area contributed by atoms with Crippen LogP contribution < -0.4 is 4.74 Å². The highest BCUT2D eigenvalue weighted by Gasteiger charge is 2.17. The Kier molecular flexibility index (Phi) is 6.67. The Labute approximate surface area is 144 Å². The van der Waals surface area contributed by atoms with Crippen LogP contribution in [0.4, 0.5) is 4.79 Å². The van der Waals surface area contributed by atoms with Gasteiger partial charge in [-0.15, -0.1) is 0 Å². The number of nitrogens with zero attached hydrogens (tertiary/aromatic N) is 1. The molecule has 24 heavy (non-hydrogen) atoms. The van der Waals surface area contributed by atoms with Crippen LogP contribution in [0.15, 0.2) is 54.6 Å². The molecule has 128 valence electrons. The van der Waals surface area contributed by atoms with Crippen LogP contribution in [0, 0.1) is 6.92 Å². The lowest BCUT2D eigenvalue weighted by molar-refractivity contribution is 0.108. The summed E-state index contributed by atoms with van der Waals surface area (Å²) in [5.74, 6) is 0.866. The summed E-state index contributed by atoms with van der Waals surface area (Å²) in [6.45, 7) is 4.78. The van der Waals surface area contributed by atoms with Crippen molar-refractivity contribution in [3.8, 4) is 5.75 Å². The van der Waals surface area contributed by atoms with Crippen molar-refractivity contribution in [1.82, 2.24) is 4.90 Å². The summed E-state index contributed by atoms with van der Waals surface area (Å²) in [5.41, 5.74) is 2.19. The molecule has 0 saturated heterocycles. The van der Waals surface area contributed by atoms with Gasteiger partial charge in [0, 0.05) is 20.0 Å². The fourth-order valence-electron chi connectivity index (χ4n) is 2.44. The van der Waals surface area contributed by atoms with Gasteiger partial charge in [-0.25, -0.2) is 4.79 Å². The number of carbonyl (C=O) groups is 1. The maximum atomic E-state index is 11.8. The number of amides is 1. The van der Waals surface area contributed by atoms with Gasteiger partial charge in [0.25, 0.3) is 0 Å². The molecular formula is C20H25NO3. The SMILES string of the molecule is CCOC(=O)N(C)CCC(Oc1ccccc1C)c1ccccc1. The van der Waals surface area contributed by atoms with E-state index in [1.807, 2.05) is 61.5 Å². The molecule has 2 aromatic carbocycles. The third-order valence-electron chi connectivity index (χ3n) is 3.84. The van der Waals surface area contributed by atoms with Crippen LogP contribution in [0.5, 0.6) is 5.75 Å². The highest BCUT2D eigenvalue weighted by Crippen LogP contribution is 2.27. The first-order chi connectivity index (χ1) is 11.6. The fourth-order valence-corrected chi connectivity index (χ4v) is 2.44. The molecule has 0 spiro atoms. The van der Waals surface area contributed by atoms with Crippen molar-refractivity contribution in [3.05, 3.63) is 65.7 Å². The number of carbonyl (C=O) groups excluding carboxylic acids is 1. The molecule has 0 aliphatic rings. The highest BCUT2D eigenvalue weighted by molar-refractivity contribution is 5.67. The summed E-state index contributed by atoms with van der Waals surface area (Å²) >= 11 is 0. The lowest BCUT2D eigenvalue weighted by Gasteiger charge is -2.23. The number of benzene rings is 2. The monoisotopic (exact) mass is 327 g/mol. The largest absolute Gasteiger partial charge is 0.485 e. The van der Waals surface area contributed by atoms with Gasteiger partial charge in [0.05, 0.1) is 6.61 Å². The smallest absolute Gasteiger partial charge is 0.409 e. The third kappa shape index (κ3) is 5.01. The number of para-hydroxylation sites is 1. The van der Waals surface area contributed by atoms with Gasteiger partial charge in [0.1, 0.15) is 11.9 Å². The average Bonchev–Trinajstić information content (AvgIpc) is 2.60. The zero-order valence-corrected chi connectivity index (χ0v) is 14.6. The van der Waals surface area contributed by atoms with Crippen molar-refractivity contribution >= 4 is 6.09 Å². The lowest BCUT2D eigenvalue weighted by atomic mass is 10.1. The van der Waals surface area contributed by atoms with Gasteiger partial charge >= 0.3 is 6.09 Å². The first-order valence-corrected chi connectivity index (χ1v) is 8.27. The third-order valence-corrected chi connectivity index (χ3v) is 3.84. The first-order valence-electron chi connectivity index (χ1n) is 8.27. The molecule has 1 amide bonds. The van der Waals surface area contributed by atoms with E-state index >= 15 is 0 Å². The van der Waals surface area contributed by atoms with Crippen LogP contribution in [-0.4, -0.2) is 31.2 Å². The van der Waals surface area contributed by atoms with E-state index in [1.165, 1.54) is 0 Å². The molecule has 0 N–H and O–H groups in total. The molecule has 0 aromatic heterocycles. The second-order valence-electron chi connectivity index (χ2n) is 5.69. The number of rotatable bonds is 7. The van der Waals surface area contributed by atoms with E-state index in [0.717, 1.165) is 16.9 Å². The Hall–Kier alpha value is -2.49. The van der Waals surface area contributed by atoms with Crippen molar-refractivity contribution in [2.45, 2.75) is 26.4 Å². The van der Waals surface area contributed by atoms with Crippen LogP contribution in [0.2, 0.25) is 0 Å². The number of ether oxygens (including phenoxy) is 2. The summed E-state index contributed by atoms with van der Waals surface area (Å²) in [6, 6.07) is 18.0. The maximum absolute atomic E-state index is 11.8. The maximum Gasteiger partial charge on any atom is 0.409 e. The molecule has 0 fully saturated rings. The van der Waals surface area contributed by atoms with E-state index in [2.05, 4.69) is 0 Å². The van der Waals surface area contributed by atoms with Crippen molar-refractivity contribution in [2.24, 2.45) is 0 Å². The Morgan fingerprint density at radius 3 is 2.42 bits per heavy atom. The average molecular weight is 327 g/mol. The molecule has 0 radical (unpaired) electrons. The van der Waals surface area contributed by atoms with Crippen molar-refractivity contribution in [1.29, 1.82) is 0 Å². The molecule has 0 heterocycles. The summed E-state index contributed by atoms with van der Waals surface area (Å²) in [6.07, 6.45) is 0.262. The van der Waals surface area contributed by atoms with E-state index in [9.17, 15) is 4.79 Å². The molecule has 2 rings (SSSR count). The van der Waals surface area contributed by atoms with Gasteiger partial charge in [-0.2, -0.15) is 0 Å². The topological polar surface area (TPSA) is 38.8 Å². The Bertz CT molecular complexity index is 642. The van der Waals surface area contributed by atoms with Gasteiger partial charge in [-0.05, 0) is 31.0 Å². The van der Waals surface area contributed by atoms with Crippen LogP contribution in [0.3, 0.4) is 0 Å². The Morgan fingerprint density at radius 1 is 1.08 bits per heavy atom. The van der Waals surface area contributed by atoms with Crippen LogP contribution in [0.25, 0.3) is 0 Å². The minimum atomic E-state index is -0.305. The molecule has 0 saturated carbocycles. The predicted octanol–water partition coefficient (Wildman–Crippen LogP) is 4.59. The number of hydrogen-bond acceptors (Lipinski definition) is 3. The molecule has 4 heteroatoms. The summed E-state index contributed by atoms with van der Waals surface area (Å²) < 4.78 is 11.3. The summed E-state index contributed by atoms with van der Waals surface area (Å²) in [5, 5.41) is 0. The van der Waals surface area contributed by atoms with Crippen LogP contribution in [-0.2, 0) is 4.74 Å². The Morgan fingerprint density at radius 2 is 1.75 bits per heavy atom. The molecule has 1 unspecified atom stereocenters. The van der Waals surface area contributed by atoms with E-state index in [1.54, 1.807) is 18.9 Å². The molecule has 1 atom stereocenters. The van der Waals surface area contributed by atoms with Crippen LogP contribution in [0.1, 0.15) is 30.6 Å². The second kappa shape index (κ2) is 8.96. The second-order valence-corrected chi connectivity index (χ2v) is 5.69. The summed E-state index contributed by atoms with van der Waals surface area (Å²) in [7, 11) is 1.74. The van der Waals surface area contributed by atoms with E-state index in [-0.39, 0.29) is 12.2 Å². The summed E-state index contributed by atoms with van der Waals surface area (Å²) in [4.78, 5) is 13.4. The predicted molar refractivity (Wildman–Crippen MR) is 95.3 cm³/mol. The zero-order chi connectivity index (χ0) is 17.4. The quantitative estimate of drug-likeness (QED) is 0.746. The van der Waals surface area contributed by atoms with Gasteiger partial charge in [-0.1, -0.05) is 48.5 Å². The van der Waals surface area contributed by atoms with Crippen molar-refractivity contribution in [3.63, 3.8) is 0 Å². The van der Waals surface area contributed by atoms with E-state index < -0.39 is 0 Å². The highest BCUT2D eigenvalue weighted by atomic mass is 16.6. The van der Waals surface area contributed by atoms with E-state index in [0.29, 0.717) is 19.6 Å². The van der Waals surface area contributed by atoms with Gasteiger partial charge in [0.15, 0.2) is 0 Å². The van der Waals surface area contributed by atoms with Crippen LogP contribution >= 0.6 is 0 Å². The Balaban J connectivity index is 2.09. The zero-order valence-electron chi connectivity index (χ0n) is 14.6. The van der Waals surface area contributed by atoms with Gasteiger partial charge in [0.2, 0.25) is 0 Å². The standard InChI is InChI=1S/C20H25NO3/c1-4-23-20(22)21(3)15-14-19(17-11-6-5-7-12-17)24-18-13-9-8-10-16(18)2/h5-13,19H,4,14-15H2,1-3H3. The van der Waals surface area contributed by atoms with Gasteiger partial charge in [-0.3, -0.25) is 0 Å². The van der Waals surface area contributed by atoms with E-state index in [4.69, 9.17) is 9.47 Å². The molecule has 2 aromatic rings. The number of hydrogen-bond donors (Lipinski definition) is 0.